The summed E-state index contributed by atoms with van der Waals surface area (Å²) in [6.07, 6.45) is 0. The Hall–Kier alpha value is -1.82. The van der Waals surface area contributed by atoms with Crippen LogP contribution in [0.15, 0.2) is 47.8 Å². The highest BCUT2D eigenvalue weighted by molar-refractivity contribution is 7.81. The van der Waals surface area contributed by atoms with E-state index >= 15 is 0 Å². The molecule has 2 aromatic rings. The van der Waals surface area contributed by atoms with Crippen LogP contribution in [0.4, 0.5) is 0 Å². The van der Waals surface area contributed by atoms with Crippen molar-refractivity contribution in [2.45, 2.75) is 12.2 Å². The van der Waals surface area contributed by atoms with Crippen LogP contribution in [0.1, 0.15) is 15.8 Å². The summed E-state index contributed by atoms with van der Waals surface area (Å²) in [4.78, 5) is 15.1. The number of carboxylic acids is 1. The molecule has 4 rings (SSSR count). The van der Waals surface area contributed by atoms with Gasteiger partial charge in [-0.2, -0.15) is 12.6 Å². The van der Waals surface area contributed by atoms with E-state index < -0.39 is 11.2 Å². The summed E-state index contributed by atoms with van der Waals surface area (Å²) < 4.78 is 0. The molecule has 0 saturated heterocycles. The number of carboxylic acid groups (broad SMARTS) is 1. The number of halogens is 1. The molecule has 2 aliphatic rings. The van der Waals surface area contributed by atoms with Crippen molar-refractivity contribution in [1.82, 2.24) is 4.98 Å². The van der Waals surface area contributed by atoms with Crippen molar-refractivity contribution >= 4 is 41.5 Å². The Labute approximate surface area is 153 Å². The van der Waals surface area contributed by atoms with Crippen molar-refractivity contribution in [3.05, 3.63) is 73.9 Å². The van der Waals surface area contributed by atoms with Crippen LogP contribution in [0, 0.1) is 17.4 Å². The number of thiol groups is 1. The Balaban J connectivity index is 0.000000198. The van der Waals surface area contributed by atoms with Crippen LogP contribution >= 0.6 is 35.6 Å². The van der Waals surface area contributed by atoms with Crippen LogP contribution in [0.5, 0.6) is 0 Å². The average molecular weight is 376 g/mol. The van der Waals surface area contributed by atoms with Gasteiger partial charge in [0.15, 0.2) is 5.25 Å². The molecule has 2 aliphatic carbocycles. The molecule has 122 valence electrons. The third-order valence-corrected chi connectivity index (χ3v) is 5.48. The number of aryl methyl sites for hydroxylation is 1. The Morgan fingerprint density at radius 3 is 2.38 bits per heavy atom. The monoisotopic (exact) mass is 375 g/mol. The highest BCUT2D eigenvalue weighted by Crippen LogP contribution is 2.28. The Morgan fingerprint density at radius 2 is 1.96 bits per heavy atom. The fourth-order valence-corrected chi connectivity index (χ4v) is 3.45. The number of thiazole rings is 1. The number of rotatable bonds is 3. The molecule has 0 aliphatic heterocycles. The Morgan fingerprint density at radius 1 is 1.25 bits per heavy atom. The summed E-state index contributed by atoms with van der Waals surface area (Å²) in [5, 5.41) is 13.8. The zero-order chi connectivity index (χ0) is 17.3. The van der Waals surface area contributed by atoms with Crippen molar-refractivity contribution in [3.63, 3.8) is 0 Å². The average Bonchev–Trinajstić information content (AvgIpc) is 3.02. The molecule has 0 spiro atoms. The lowest BCUT2D eigenvalue weighted by atomic mass is 10.1. The van der Waals surface area contributed by atoms with E-state index in [9.17, 15) is 4.79 Å². The van der Waals surface area contributed by atoms with Crippen LogP contribution in [0.3, 0.4) is 0 Å². The molecule has 0 bridgehead atoms. The third-order valence-electron chi connectivity index (χ3n) is 3.62. The number of aliphatic carboxylic acids is 1. The summed E-state index contributed by atoms with van der Waals surface area (Å²) in [5.74, 6) is -0.974. The Kier molecular flexibility index (Phi) is 4.94. The fraction of sp³-hybridized carbons (Fsp3) is 0.111. The molecule has 1 heterocycles. The van der Waals surface area contributed by atoms with Gasteiger partial charge in [-0.25, -0.2) is 4.98 Å². The summed E-state index contributed by atoms with van der Waals surface area (Å²) in [6.45, 7) is 2.02. The van der Waals surface area contributed by atoms with E-state index in [1.807, 2.05) is 48.7 Å². The lowest BCUT2D eigenvalue weighted by Gasteiger charge is -2.01. The summed E-state index contributed by atoms with van der Waals surface area (Å²) in [5.41, 5.74) is 2.97. The maximum atomic E-state index is 10.8. The number of aromatic nitrogens is 1. The number of nitrogens with zero attached hydrogens (tertiary/aromatic N) is 1. The molecule has 0 radical (unpaired) electrons. The molecule has 1 unspecified atom stereocenters. The highest BCUT2D eigenvalue weighted by Gasteiger charge is 2.18. The first-order chi connectivity index (χ1) is 11.5. The minimum atomic E-state index is -0.974. The fourth-order valence-electron chi connectivity index (χ4n) is 2.12. The normalized spacial score (nSPS) is 12.1. The second kappa shape index (κ2) is 6.97. The predicted molar refractivity (Wildman–Crippen MR) is 101 cm³/mol. The molecule has 1 aromatic carbocycles. The molecule has 1 aromatic heterocycles. The van der Waals surface area contributed by atoms with Gasteiger partial charge in [-0.3, -0.25) is 4.79 Å². The lowest BCUT2D eigenvalue weighted by Crippen LogP contribution is -2.04. The summed E-state index contributed by atoms with van der Waals surface area (Å²) in [6, 6.07) is 14.0. The molecular weight excluding hydrogens is 362 g/mol. The quantitative estimate of drug-likeness (QED) is 0.489. The second-order valence-electron chi connectivity index (χ2n) is 5.37. The van der Waals surface area contributed by atoms with Gasteiger partial charge in [0, 0.05) is 21.2 Å². The predicted octanol–water partition coefficient (Wildman–Crippen LogP) is 5.11. The molecule has 6 heteroatoms. The van der Waals surface area contributed by atoms with E-state index in [-0.39, 0.29) is 0 Å². The van der Waals surface area contributed by atoms with Crippen molar-refractivity contribution < 1.29 is 9.90 Å². The van der Waals surface area contributed by atoms with Gasteiger partial charge >= 0.3 is 5.97 Å². The number of hydrogen-bond donors (Lipinski definition) is 2. The minimum Gasteiger partial charge on any atom is -0.480 e. The molecule has 3 nitrogen and oxygen atoms in total. The number of carbonyl (C=O) groups is 1. The van der Waals surface area contributed by atoms with E-state index in [0.29, 0.717) is 5.01 Å². The molecule has 0 saturated carbocycles. The maximum Gasteiger partial charge on any atom is 0.323 e. The summed E-state index contributed by atoms with van der Waals surface area (Å²) in [7, 11) is 0. The SMILES string of the molecule is Cc1ccc(-c2csc(C(S)C(=O)O)n2)cc1.Clc1cc2ccc1=2. The van der Waals surface area contributed by atoms with Gasteiger partial charge in [-0.1, -0.05) is 53.6 Å². The summed E-state index contributed by atoms with van der Waals surface area (Å²) >= 11 is 10.9. The highest BCUT2D eigenvalue weighted by atomic mass is 35.5. The Bertz CT molecular complexity index is 983. The van der Waals surface area contributed by atoms with Crippen LogP contribution in [-0.4, -0.2) is 16.1 Å². The smallest absolute Gasteiger partial charge is 0.323 e. The molecular formula is C18H14ClNO2S2. The van der Waals surface area contributed by atoms with Gasteiger partial charge in [-0.05, 0) is 18.2 Å². The van der Waals surface area contributed by atoms with Gasteiger partial charge in [-0.15, -0.1) is 11.3 Å². The van der Waals surface area contributed by atoms with Crippen LogP contribution in [-0.2, 0) is 4.79 Å². The number of hydrogen-bond acceptors (Lipinski definition) is 4. The van der Waals surface area contributed by atoms with E-state index in [0.717, 1.165) is 16.3 Å². The van der Waals surface area contributed by atoms with Crippen molar-refractivity contribution in [2.24, 2.45) is 0 Å². The van der Waals surface area contributed by atoms with Crippen LogP contribution in [0.2, 0.25) is 5.02 Å². The van der Waals surface area contributed by atoms with E-state index in [1.165, 1.54) is 27.3 Å². The van der Waals surface area contributed by atoms with Crippen molar-refractivity contribution in [1.29, 1.82) is 0 Å². The van der Waals surface area contributed by atoms with Gasteiger partial charge in [0.1, 0.15) is 5.01 Å². The topological polar surface area (TPSA) is 50.2 Å². The van der Waals surface area contributed by atoms with Crippen molar-refractivity contribution in [2.75, 3.05) is 0 Å². The molecule has 0 fully saturated rings. The first-order valence-corrected chi connectivity index (χ1v) is 8.96. The van der Waals surface area contributed by atoms with Crippen molar-refractivity contribution in [3.8, 4) is 11.3 Å². The van der Waals surface area contributed by atoms with Crippen LogP contribution in [0.25, 0.3) is 11.3 Å². The lowest BCUT2D eigenvalue weighted by molar-refractivity contribution is -0.136. The minimum absolute atomic E-state index is 0.511. The van der Waals surface area contributed by atoms with E-state index in [4.69, 9.17) is 16.7 Å². The van der Waals surface area contributed by atoms with Gasteiger partial charge in [0.25, 0.3) is 0 Å². The third kappa shape index (κ3) is 3.48. The van der Waals surface area contributed by atoms with E-state index in [2.05, 4.69) is 23.7 Å². The molecule has 0 amide bonds. The molecule has 1 atom stereocenters. The molecule has 1 N–H and O–H groups in total. The van der Waals surface area contributed by atoms with Gasteiger partial charge in [0.2, 0.25) is 0 Å². The maximum absolute atomic E-state index is 10.8. The number of benzene rings is 2. The zero-order valence-corrected chi connectivity index (χ0v) is 15.2. The van der Waals surface area contributed by atoms with Gasteiger partial charge < -0.3 is 5.11 Å². The largest absolute Gasteiger partial charge is 0.480 e. The standard InChI is InChI=1S/C12H11NO2S2.C6H3Cl/c1-7-2-4-8(5-3-7)9-6-17-11(13-9)10(16)12(14)15;7-6-3-4-1-2-5(4)6/h2-6,10,16H,1H3,(H,14,15);1-3H. The first kappa shape index (κ1) is 17.0. The second-order valence-corrected chi connectivity index (χ2v) is 7.19. The zero-order valence-electron chi connectivity index (χ0n) is 12.7. The van der Waals surface area contributed by atoms with Crippen LogP contribution < -0.4 is 0 Å². The first-order valence-electron chi connectivity index (χ1n) is 7.19. The van der Waals surface area contributed by atoms with E-state index in [1.54, 1.807) is 0 Å². The van der Waals surface area contributed by atoms with Gasteiger partial charge in [0.05, 0.1) is 5.69 Å². The molecule has 24 heavy (non-hydrogen) atoms.